The molecule has 0 radical (unpaired) electrons. The van der Waals surface area contributed by atoms with Gasteiger partial charge in [0.1, 0.15) is 0 Å². The number of hydrogen-bond donors (Lipinski definition) is 1. The molecule has 0 fully saturated rings. The molecular formula is C20H31NO3S. The second-order valence-electron chi connectivity index (χ2n) is 7.02. The van der Waals surface area contributed by atoms with Crippen molar-refractivity contribution in [2.24, 2.45) is 0 Å². The van der Waals surface area contributed by atoms with E-state index in [1.807, 2.05) is 13.0 Å². The van der Waals surface area contributed by atoms with E-state index in [2.05, 4.69) is 6.92 Å². The van der Waals surface area contributed by atoms with Crippen molar-refractivity contribution in [2.75, 3.05) is 13.1 Å². The Labute approximate surface area is 152 Å². The Morgan fingerprint density at radius 2 is 1.72 bits per heavy atom. The molecule has 1 aromatic rings. The second-order valence-corrected chi connectivity index (χ2v) is 8.96. The van der Waals surface area contributed by atoms with Crippen LogP contribution in [0.5, 0.6) is 0 Å². The van der Waals surface area contributed by atoms with Crippen molar-refractivity contribution in [2.45, 2.75) is 69.8 Å². The molecule has 140 valence electrons. The number of sulfonamides is 1. The number of aryl methyl sites for hydroxylation is 1. The molecule has 0 bridgehead atoms. The van der Waals surface area contributed by atoms with Crippen molar-refractivity contribution in [3.05, 3.63) is 41.5 Å². The molecule has 1 heterocycles. The fourth-order valence-electron chi connectivity index (χ4n) is 3.21. The first-order valence-corrected chi connectivity index (χ1v) is 10.8. The Morgan fingerprint density at radius 3 is 2.40 bits per heavy atom. The Kier molecular flexibility index (Phi) is 7.66. The summed E-state index contributed by atoms with van der Waals surface area (Å²) in [6.07, 6.45) is 9.23. The summed E-state index contributed by atoms with van der Waals surface area (Å²) in [6, 6.07) is 6.90. The average molecular weight is 366 g/mol. The predicted molar refractivity (Wildman–Crippen MR) is 102 cm³/mol. The van der Waals surface area contributed by atoms with Gasteiger partial charge in [0.15, 0.2) is 0 Å². The molecule has 0 aliphatic carbocycles. The minimum Gasteiger partial charge on any atom is -0.388 e. The van der Waals surface area contributed by atoms with Crippen LogP contribution >= 0.6 is 0 Å². The molecule has 1 unspecified atom stereocenters. The second kappa shape index (κ2) is 9.51. The molecule has 4 nitrogen and oxygen atoms in total. The maximum atomic E-state index is 12.8. The third-order valence-electron chi connectivity index (χ3n) is 4.71. The highest BCUT2D eigenvalue weighted by Crippen LogP contribution is 2.24. The smallest absolute Gasteiger partial charge is 0.243 e. The van der Waals surface area contributed by atoms with Gasteiger partial charge in [-0.2, -0.15) is 4.31 Å². The Hall–Kier alpha value is -1.17. The van der Waals surface area contributed by atoms with Crippen molar-refractivity contribution in [3.63, 3.8) is 0 Å². The van der Waals surface area contributed by atoms with Gasteiger partial charge in [-0.15, -0.1) is 0 Å². The Balaban J connectivity index is 1.95. The average Bonchev–Trinajstić information content (AvgIpc) is 2.58. The van der Waals surface area contributed by atoms with Crippen LogP contribution < -0.4 is 0 Å². The van der Waals surface area contributed by atoms with Gasteiger partial charge in [-0.1, -0.05) is 68.4 Å². The number of rotatable bonds is 9. The van der Waals surface area contributed by atoms with E-state index in [0.717, 1.165) is 30.4 Å². The minimum atomic E-state index is -3.55. The SMILES string of the molecule is CCCCCCCCC1=CC(O)CN(S(=O)(=O)c2ccc(C)cc2)C1. The molecule has 1 atom stereocenters. The number of unbranched alkanes of at least 4 members (excludes halogenated alkanes) is 5. The van der Waals surface area contributed by atoms with Gasteiger partial charge >= 0.3 is 0 Å². The van der Waals surface area contributed by atoms with Crippen LogP contribution in [0.25, 0.3) is 0 Å². The zero-order valence-corrected chi connectivity index (χ0v) is 16.3. The van der Waals surface area contributed by atoms with Crippen molar-refractivity contribution < 1.29 is 13.5 Å². The highest BCUT2D eigenvalue weighted by atomic mass is 32.2. The van der Waals surface area contributed by atoms with Crippen LogP contribution in [0.2, 0.25) is 0 Å². The zero-order valence-electron chi connectivity index (χ0n) is 15.4. The first-order valence-electron chi connectivity index (χ1n) is 9.38. The van der Waals surface area contributed by atoms with Gasteiger partial charge in [0.25, 0.3) is 0 Å². The van der Waals surface area contributed by atoms with E-state index >= 15 is 0 Å². The Bertz CT molecular complexity index is 665. The monoisotopic (exact) mass is 365 g/mol. The lowest BCUT2D eigenvalue weighted by atomic mass is 10.0. The van der Waals surface area contributed by atoms with Gasteiger partial charge in [0.2, 0.25) is 10.0 Å². The van der Waals surface area contributed by atoms with Crippen LogP contribution in [0.4, 0.5) is 0 Å². The van der Waals surface area contributed by atoms with Crippen LogP contribution in [-0.4, -0.2) is 37.0 Å². The van der Waals surface area contributed by atoms with Gasteiger partial charge < -0.3 is 5.11 Å². The molecule has 0 saturated carbocycles. The first kappa shape index (κ1) is 20.1. The molecular weight excluding hydrogens is 334 g/mol. The molecule has 0 aromatic heterocycles. The number of aliphatic hydroxyl groups is 1. The summed E-state index contributed by atoms with van der Waals surface area (Å²) in [5.41, 5.74) is 2.06. The summed E-state index contributed by atoms with van der Waals surface area (Å²) in [6.45, 7) is 4.66. The van der Waals surface area contributed by atoms with Crippen molar-refractivity contribution >= 4 is 10.0 Å². The van der Waals surface area contributed by atoms with E-state index in [9.17, 15) is 13.5 Å². The van der Waals surface area contributed by atoms with Gasteiger partial charge in [0, 0.05) is 13.1 Å². The molecule has 1 aliphatic heterocycles. The molecule has 1 N–H and O–H groups in total. The fourth-order valence-corrected chi connectivity index (χ4v) is 4.68. The number of β-amino-alcohol motifs (C(OH)–C–C–N with tert-alkyl or cyclic N) is 1. The Morgan fingerprint density at radius 1 is 1.08 bits per heavy atom. The summed E-state index contributed by atoms with van der Waals surface area (Å²) in [7, 11) is -3.55. The fraction of sp³-hybridized carbons (Fsp3) is 0.600. The van der Waals surface area contributed by atoms with Crippen LogP contribution in [0.3, 0.4) is 0 Å². The van der Waals surface area contributed by atoms with Crippen LogP contribution in [-0.2, 0) is 10.0 Å². The molecule has 0 saturated heterocycles. The minimum absolute atomic E-state index is 0.135. The lowest BCUT2D eigenvalue weighted by Gasteiger charge is -2.29. The van der Waals surface area contributed by atoms with E-state index in [1.54, 1.807) is 24.3 Å². The normalized spacial score (nSPS) is 19.0. The summed E-state index contributed by atoms with van der Waals surface area (Å²) in [5.74, 6) is 0. The van der Waals surface area contributed by atoms with E-state index in [4.69, 9.17) is 0 Å². The number of hydrogen-bond acceptors (Lipinski definition) is 3. The summed E-state index contributed by atoms with van der Waals surface area (Å²) in [4.78, 5) is 0.297. The van der Waals surface area contributed by atoms with Gasteiger partial charge in [-0.05, 0) is 31.9 Å². The molecule has 25 heavy (non-hydrogen) atoms. The van der Waals surface area contributed by atoms with E-state index in [1.165, 1.54) is 30.0 Å². The predicted octanol–water partition coefficient (Wildman–Crippen LogP) is 4.04. The van der Waals surface area contributed by atoms with Gasteiger partial charge in [0.05, 0.1) is 11.0 Å². The summed E-state index contributed by atoms with van der Waals surface area (Å²) in [5, 5.41) is 10.1. The number of aliphatic hydroxyl groups excluding tert-OH is 1. The molecule has 0 spiro atoms. The highest BCUT2D eigenvalue weighted by Gasteiger charge is 2.29. The topological polar surface area (TPSA) is 57.6 Å². The molecule has 0 amide bonds. The summed E-state index contributed by atoms with van der Waals surface area (Å²) >= 11 is 0. The largest absolute Gasteiger partial charge is 0.388 e. The van der Waals surface area contributed by atoms with Gasteiger partial charge in [-0.3, -0.25) is 0 Å². The maximum absolute atomic E-state index is 12.8. The van der Waals surface area contributed by atoms with Crippen molar-refractivity contribution in [1.82, 2.24) is 4.31 Å². The highest BCUT2D eigenvalue weighted by molar-refractivity contribution is 7.89. The van der Waals surface area contributed by atoms with Crippen LogP contribution in [0, 0.1) is 6.92 Å². The molecule has 1 aromatic carbocycles. The quantitative estimate of drug-likeness (QED) is 0.531. The van der Waals surface area contributed by atoms with Crippen molar-refractivity contribution in [1.29, 1.82) is 0 Å². The standard InChI is InChI=1S/C20H31NO3S/c1-3-4-5-6-7-8-9-18-14-19(22)16-21(15-18)25(23,24)20-12-10-17(2)11-13-20/h10-14,19,22H,3-9,15-16H2,1-2H3. The zero-order chi connectivity index (χ0) is 18.3. The molecule has 2 rings (SSSR count). The van der Waals surface area contributed by atoms with E-state index < -0.39 is 16.1 Å². The summed E-state index contributed by atoms with van der Waals surface area (Å²) < 4.78 is 27.1. The first-order chi connectivity index (χ1) is 11.9. The van der Waals surface area contributed by atoms with Crippen LogP contribution in [0.15, 0.2) is 40.8 Å². The van der Waals surface area contributed by atoms with Gasteiger partial charge in [-0.25, -0.2) is 8.42 Å². The lowest BCUT2D eigenvalue weighted by Crippen LogP contribution is -2.41. The van der Waals surface area contributed by atoms with E-state index in [-0.39, 0.29) is 6.54 Å². The van der Waals surface area contributed by atoms with Crippen LogP contribution in [0.1, 0.15) is 57.4 Å². The lowest BCUT2D eigenvalue weighted by molar-refractivity contribution is 0.179. The van der Waals surface area contributed by atoms with E-state index in [0.29, 0.717) is 11.4 Å². The number of nitrogens with zero attached hydrogens (tertiary/aromatic N) is 1. The maximum Gasteiger partial charge on any atom is 0.243 e. The van der Waals surface area contributed by atoms with Crippen molar-refractivity contribution in [3.8, 4) is 0 Å². The molecule has 5 heteroatoms. The number of benzene rings is 1. The third-order valence-corrected chi connectivity index (χ3v) is 6.53. The molecule has 1 aliphatic rings. The third kappa shape index (κ3) is 5.94.